The van der Waals surface area contributed by atoms with Crippen LogP contribution in [-0.4, -0.2) is 71.3 Å². The zero-order valence-corrected chi connectivity index (χ0v) is 18.4. The highest BCUT2D eigenvalue weighted by atomic mass is 16.6. The minimum atomic E-state index is -0.976. The fourth-order valence-electron chi connectivity index (χ4n) is 5.61. The Morgan fingerprint density at radius 1 is 1.23 bits per heavy atom. The fourth-order valence-corrected chi connectivity index (χ4v) is 5.61. The number of likely N-dealkylation sites (tertiary alicyclic amines) is 1. The van der Waals surface area contributed by atoms with E-state index >= 15 is 0 Å². The number of carbonyl (C=O) groups is 3. The second kappa shape index (κ2) is 9.22. The molecule has 170 valence electrons. The Morgan fingerprint density at radius 3 is 2.67 bits per heavy atom. The number of fused-ring (bicyclic) bond motifs is 1. The van der Waals surface area contributed by atoms with Crippen molar-refractivity contribution < 1.29 is 29.0 Å². The standard InChI is InChI=1S/C22H36N2O6/c1-4-6-12-23-18(26)17-22-11-10-21(3,30-22)16(20(28)29-5-2)15(22)19(27)24(17)13-8-7-9-14-25/h15-17,25H,4-14H2,1-3H3,(H,23,26)/t15-,16+,17?,21-,22?/m0/s1. The van der Waals surface area contributed by atoms with Crippen molar-refractivity contribution in [2.24, 2.45) is 11.8 Å². The Kier molecular flexibility index (Phi) is 7.07. The lowest BCUT2D eigenvalue weighted by Gasteiger charge is -2.33. The van der Waals surface area contributed by atoms with Crippen LogP contribution in [0.2, 0.25) is 0 Å². The Hall–Kier alpha value is -1.67. The van der Waals surface area contributed by atoms with E-state index in [9.17, 15) is 14.4 Å². The van der Waals surface area contributed by atoms with Gasteiger partial charge in [0.25, 0.3) is 0 Å². The molecule has 0 saturated carbocycles. The third-order valence-electron chi connectivity index (χ3n) is 6.95. The van der Waals surface area contributed by atoms with E-state index < -0.39 is 35.0 Å². The highest BCUT2D eigenvalue weighted by Gasteiger charge is 2.78. The Morgan fingerprint density at radius 2 is 2.00 bits per heavy atom. The number of hydrogen-bond acceptors (Lipinski definition) is 6. The third-order valence-corrected chi connectivity index (χ3v) is 6.95. The molecule has 3 fully saturated rings. The van der Waals surface area contributed by atoms with Crippen LogP contribution in [0.4, 0.5) is 0 Å². The maximum Gasteiger partial charge on any atom is 0.312 e. The number of nitrogens with one attached hydrogen (secondary N) is 1. The molecule has 5 atom stereocenters. The first-order chi connectivity index (χ1) is 14.4. The number of nitrogens with zero attached hydrogens (tertiary/aromatic N) is 1. The first-order valence-corrected chi connectivity index (χ1v) is 11.4. The monoisotopic (exact) mass is 424 g/mol. The summed E-state index contributed by atoms with van der Waals surface area (Å²) in [7, 11) is 0. The number of amides is 2. The molecule has 1 spiro atoms. The molecule has 3 heterocycles. The molecule has 0 aromatic heterocycles. The molecule has 2 bridgehead atoms. The van der Waals surface area contributed by atoms with E-state index in [1.807, 2.05) is 6.92 Å². The number of hydrogen-bond donors (Lipinski definition) is 2. The zero-order chi connectivity index (χ0) is 21.9. The van der Waals surface area contributed by atoms with Gasteiger partial charge < -0.3 is 24.8 Å². The molecule has 30 heavy (non-hydrogen) atoms. The van der Waals surface area contributed by atoms with Gasteiger partial charge in [0.2, 0.25) is 11.8 Å². The van der Waals surface area contributed by atoms with Crippen LogP contribution < -0.4 is 5.32 Å². The average molecular weight is 425 g/mol. The molecule has 0 aliphatic carbocycles. The smallest absolute Gasteiger partial charge is 0.312 e. The van der Waals surface area contributed by atoms with Gasteiger partial charge in [0.15, 0.2) is 0 Å². The van der Waals surface area contributed by atoms with Gasteiger partial charge in [-0.2, -0.15) is 0 Å². The highest BCUT2D eigenvalue weighted by Crippen LogP contribution is 2.63. The second-order valence-corrected chi connectivity index (χ2v) is 8.94. The van der Waals surface area contributed by atoms with Crippen LogP contribution in [0.25, 0.3) is 0 Å². The summed E-state index contributed by atoms with van der Waals surface area (Å²) in [6.07, 6.45) is 5.14. The number of esters is 1. The van der Waals surface area contributed by atoms with Crippen molar-refractivity contribution in [2.75, 3.05) is 26.3 Å². The number of ether oxygens (including phenoxy) is 2. The number of rotatable bonds is 11. The summed E-state index contributed by atoms with van der Waals surface area (Å²) in [5, 5.41) is 12.0. The molecule has 8 heteroatoms. The van der Waals surface area contributed by atoms with Gasteiger partial charge in [0.1, 0.15) is 17.6 Å². The van der Waals surface area contributed by atoms with E-state index in [1.54, 1.807) is 11.8 Å². The summed E-state index contributed by atoms with van der Waals surface area (Å²) in [4.78, 5) is 41.2. The summed E-state index contributed by atoms with van der Waals surface area (Å²) in [6.45, 7) is 6.99. The predicted molar refractivity (Wildman–Crippen MR) is 109 cm³/mol. The number of aliphatic hydroxyl groups is 1. The first kappa shape index (κ1) is 23.0. The van der Waals surface area contributed by atoms with Crippen molar-refractivity contribution in [3.05, 3.63) is 0 Å². The summed E-state index contributed by atoms with van der Waals surface area (Å²) in [5.41, 5.74) is -1.76. The SMILES string of the molecule is CCCCNC(=O)C1N(CCCCCO)C(=O)[C@@H]2[C@H](C(=O)OCC)[C@]3(C)CCC12O3. The number of aliphatic hydroxyl groups excluding tert-OH is 1. The van der Waals surface area contributed by atoms with Crippen molar-refractivity contribution in [3.63, 3.8) is 0 Å². The molecule has 3 aliphatic rings. The lowest BCUT2D eigenvalue weighted by atomic mass is 9.66. The lowest BCUT2D eigenvalue weighted by molar-refractivity contribution is -0.159. The largest absolute Gasteiger partial charge is 0.466 e. The highest BCUT2D eigenvalue weighted by molar-refractivity contribution is 5.98. The van der Waals surface area contributed by atoms with E-state index in [2.05, 4.69) is 12.2 Å². The van der Waals surface area contributed by atoms with Gasteiger partial charge in [-0.05, 0) is 52.4 Å². The molecule has 3 saturated heterocycles. The molecule has 0 aromatic carbocycles. The van der Waals surface area contributed by atoms with E-state index in [0.717, 1.165) is 19.3 Å². The molecule has 8 nitrogen and oxygen atoms in total. The van der Waals surface area contributed by atoms with Crippen LogP contribution in [0.3, 0.4) is 0 Å². The van der Waals surface area contributed by atoms with Crippen LogP contribution in [0, 0.1) is 11.8 Å². The lowest BCUT2D eigenvalue weighted by Crippen LogP contribution is -2.55. The van der Waals surface area contributed by atoms with E-state index in [0.29, 0.717) is 38.8 Å². The van der Waals surface area contributed by atoms with Crippen LogP contribution >= 0.6 is 0 Å². The van der Waals surface area contributed by atoms with Crippen LogP contribution in [-0.2, 0) is 23.9 Å². The topological polar surface area (TPSA) is 105 Å². The molecule has 2 unspecified atom stereocenters. The predicted octanol–water partition coefficient (Wildman–Crippen LogP) is 1.39. The Bertz CT molecular complexity index is 670. The van der Waals surface area contributed by atoms with Crippen molar-refractivity contribution in [2.45, 2.75) is 83.0 Å². The van der Waals surface area contributed by atoms with E-state index in [-0.39, 0.29) is 25.0 Å². The molecule has 3 rings (SSSR count). The van der Waals surface area contributed by atoms with Crippen molar-refractivity contribution in [3.8, 4) is 0 Å². The molecule has 3 aliphatic heterocycles. The average Bonchev–Trinajstić information content (AvgIpc) is 3.27. The zero-order valence-electron chi connectivity index (χ0n) is 18.4. The summed E-state index contributed by atoms with van der Waals surface area (Å²) < 4.78 is 11.8. The van der Waals surface area contributed by atoms with Gasteiger partial charge in [0, 0.05) is 19.7 Å². The minimum Gasteiger partial charge on any atom is -0.466 e. The Labute approximate surface area is 178 Å². The van der Waals surface area contributed by atoms with Crippen molar-refractivity contribution in [1.29, 1.82) is 0 Å². The Balaban J connectivity index is 1.90. The molecular formula is C22H36N2O6. The van der Waals surface area contributed by atoms with Gasteiger partial charge in [-0.3, -0.25) is 14.4 Å². The number of unbranched alkanes of at least 4 members (excludes halogenated alkanes) is 3. The maximum absolute atomic E-state index is 13.6. The summed E-state index contributed by atoms with van der Waals surface area (Å²) in [5.74, 6) is -2.17. The summed E-state index contributed by atoms with van der Waals surface area (Å²) in [6, 6.07) is -0.734. The van der Waals surface area contributed by atoms with Gasteiger partial charge in [-0.15, -0.1) is 0 Å². The van der Waals surface area contributed by atoms with Gasteiger partial charge in [-0.25, -0.2) is 0 Å². The van der Waals surface area contributed by atoms with Crippen LogP contribution in [0.15, 0.2) is 0 Å². The van der Waals surface area contributed by atoms with Crippen LogP contribution in [0.1, 0.15) is 65.7 Å². The summed E-state index contributed by atoms with van der Waals surface area (Å²) >= 11 is 0. The number of carbonyl (C=O) groups excluding carboxylic acids is 3. The molecule has 0 radical (unpaired) electrons. The van der Waals surface area contributed by atoms with E-state index in [1.165, 1.54) is 0 Å². The second-order valence-electron chi connectivity index (χ2n) is 8.94. The van der Waals surface area contributed by atoms with Crippen LogP contribution in [0.5, 0.6) is 0 Å². The quantitative estimate of drug-likeness (QED) is 0.384. The van der Waals surface area contributed by atoms with E-state index in [4.69, 9.17) is 14.6 Å². The van der Waals surface area contributed by atoms with Crippen molar-refractivity contribution in [1.82, 2.24) is 10.2 Å². The fraction of sp³-hybridized carbons (Fsp3) is 0.864. The van der Waals surface area contributed by atoms with Gasteiger partial charge in [-0.1, -0.05) is 13.3 Å². The van der Waals surface area contributed by atoms with Gasteiger partial charge >= 0.3 is 5.97 Å². The molecule has 0 aromatic rings. The van der Waals surface area contributed by atoms with Crippen molar-refractivity contribution >= 4 is 17.8 Å². The maximum atomic E-state index is 13.6. The third kappa shape index (κ3) is 3.73. The first-order valence-electron chi connectivity index (χ1n) is 11.4. The minimum absolute atomic E-state index is 0.105. The molecule has 2 amide bonds. The molecule has 2 N–H and O–H groups in total. The molecular weight excluding hydrogens is 388 g/mol. The normalized spacial score (nSPS) is 34.3. The van der Waals surface area contributed by atoms with Gasteiger partial charge in [0.05, 0.1) is 18.1 Å².